The van der Waals surface area contributed by atoms with Crippen LogP contribution in [-0.2, 0) is 0 Å². The molecule has 0 bridgehead atoms. The van der Waals surface area contributed by atoms with Crippen LogP contribution in [0.1, 0.15) is 42.7 Å². The molecular weight excluding hydrogens is 276 g/mol. The van der Waals surface area contributed by atoms with E-state index in [0.29, 0.717) is 12.2 Å². The van der Waals surface area contributed by atoms with Crippen molar-refractivity contribution in [1.82, 2.24) is 10.3 Å². The molecule has 3 rings (SSSR count). The molecule has 0 unspecified atom stereocenters. The molecule has 1 aliphatic carbocycles. The van der Waals surface area contributed by atoms with Gasteiger partial charge in [-0.25, -0.2) is 4.98 Å². The van der Waals surface area contributed by atoms with Crippen molar-refractivity contribution >= 4 is 5.91 Å². The van der Waals surface area contributed by atoms with Crippen LogP contribution in [0.4, 0.5) is 0 Å². The molecule has 114 valence electrons. The van der Waals surface area contributed by atoms with Gasteiger partial charge in [-0.2, -0.15) is 0 Å². The van der Waals surface area contributed by atoms with Crippen molar-refractivity contribution in [3.05, 3.63) is 54.1 Å². The smallest absolute Gasteiger partial charge is 0.289 e. The monoisotopic (exact) mass is 296 g/mol. The Labute approximate surface area is 130 Å². The average Bonchev–Trinajstić information content (AvgIpc) is 3.06. The van der Waals surface area contributed by atoms with E-state index in [1.54, 1.807) is 0 Å². The lowest BCUT2D eigenvalue weighted by molar-refractivity contribution is 0.0927. The molecule has 4 heteroatoms. The number of oxazole rings is 1. The molecule has 1 aromatic heterocycles. The summed E-state index contributed by atoms with van der Waals surface area (Å²) in [6.07, 6.45) is 9.42. The summed E-state index contributed by atoms with van der Waals surface area (Å²) >= 11 is 0. The molecule has 0 aliphatic heterocycles. The van der Waals surface area contributed by atoms with Gasteiger partial charge < -0.3 is 9.73 Å². The molecule has 1 aromatic carbocycles. The third kappa shape index (κ3) is 3.45. The Morgan fingerprint density at radius 3 is 2.86 bits per heavy atom. The Balaban J connectivity index is 1.61. The Bertz CT molecular complexity index is 659. The zero-order valence-electron chi connectivity index (χ0n) is 12.5. The molecule has 1 aliphatic rings. The third-order valence-electron chi connectivity index (χ3n) is 3.94. The molecule has 0 saturated heterocycles. The summed E-state index contributed by atoms with van der Waals surface area (Å²) in [5, 5.41) is 2.93. The van der Waals surface area contributed by atoms with E-state index >= 15 is 0 Å². The number of amides is 1. The summed E-state index contributed by atoms with van der Waals surface area (Å²) in [5.41, 5.74) is 2.93. The van der Waals surface area contributed by atoms with Gasteiger partial charge in [-0.3, -0.25) is 4.79 Å². The summed E-state index contributed by atoms with van der Waals surface area (Å²) in [4.78, 5) is 16.4. The number of benzene rings is 1. The summed E-state index contributed by atoms with van der Waals surface area (Å²) in [7, 11) is 0. The van der Waals surface area contributed by atoms with Gasteiger partial charge in [-0.15, -0.1) is 0 Å². The highest BCUT2D eigenvalue weighted by Gasteiger charge is 2.18. The third-order valence-corrected chi connectivity index (χ3v) is 3.94. The highest BCUT2D eigenvalue weighted by Crippen LogP contribution is 2.22. The largest absolute Gasteiger partial charge is 0.438 e. The van der Waals surface area contributed by atoms with Crippen LogP contribution in [-0.4, -0.2) is 17.4 Å². The van der Waals surface area contributed by atoms with Crippen molar-refractivity contribution in [2.75, 3.05) is 6.54 Å². The molecule has 1 amide bonds. The summed E-state index contributed by atoms with van der Waals surface area (Å²) in [6, 6.07) is 9.60. The molecule has 0 fully saturated rings. The molecular formula is C18H20N2O2. The SMILES string of the molecule is O=C(NCCC1=CCCCC1)c1ocnc1-c1ccccc1. The van der Waals surface area contributed by atoms with Crippen molar-refractivity contribution in [3.8, 4) is 11.3 Å². The zero-order valence-corrected chi connectivity index (χ0v) is 12.5. The maximum Gasteiger partial charge on any atom is 0.289 e. The second kappa shape index (κ2) is 7.07. The van der Waals surface area contributed by atoms with E-state index in [4.69, 9.17) is 4.42 Å². The summed E-state index contributed by atoms with van der Waals surface area (Å²) in [6.45, 7) is 0.638. The molecule has 0 spiro atoms. The number of allylic oxidation sites excluding steroid dienone is 1. The van der Waals surface area contributed by atoms with Crippen LogP contribution in [0, 0.1) is 0 Å². The van der Waals surface area contributed by atoms with E-state index in [2.05, 4.69) is 16.4 Å². The van der Waals surface area contributed by atoms with E-state index in [9.17, 15) is 4.79 Å². The van der Waals surface area contributed by atoms with Gasteiger partial charge in [0.1, 0.15) is 5.69 Å². The Morgan fingerprint density at radius 1 is 1.23 bits per heavy atom. The molecule has 1 heterocycles. The van der Waals surface area contributed by atoms with Crippen molar-refractivity contribution in [2.45, 2.75) is 32.1 Å². The molecule has 0 radical (unpaired) electrons. The van der Waals surface area contributed by atoms with Gasteiger partial charge in [-0.1, -0.05) is 42.0 Å². The number of hydrogen-bond donors (Lipinski definition) is 1. The minimum absolute atomic E-state index is 0.201. The van der Waals surface area contributed by atoms with Gasteiger partial charge in [0.15, 0.2) is 6.39 Å². The Morgan fingerprint density at radius 2 is 2.09 bits per heavy atom. The van der Waals surface area contributed by atoms with E-state index < -0.39 is 0 Å². The van der Waals surface area contributed by atoms with Crippen LogP contribution in [0.5, 0.6) is 0 Å². The van der Waals surface area contributed by atoms with Gasteiger partial charge >= 0.3 is 0 Å². The second-order valence-electron chi connectivity index (χ2n) is 5.51. The number of nitrogens with one attached hydrogen (secondary N) is 1. The summed E-state index contributed by atoms with van der Waals surface area (Å²) in [5.74, 6) is 0.0802. The number of carbonyl (C=O) groups is 1. The van der Waals surface area contributed by atoms with E-state index in [-0.39, 0.29) is 11.7 Å². The number of aromatic nitrogens is 1. The zero-order chi connectivity index (χ0) is 15.2. The number of rotatable bonds is 5. The van der Waals surface area contributed by atoms with E-state index in [1.807, 2.05) is 30.3 Å². The maximum absolute atomic E-state index is 12.3. The van der Waals surface area contributed by atoms with Gasteiger partial charge in [0.2, 0.25) is 5.76 Å². The van der Waals surface area contributed by atoms with Gasteiger partial charge in [-0.05, 0) is 32.1 Å². The topological polar surface area (TPSA) is 55.1 Å². The van der Waals surface area contributed by atoms with Gasteiger partial charge in [0.05, 0.1) is 0 Å². The maximum atomic E-state index is 12.3. The minimum Gasteiger partial charge on any atom is -0.438 e. The summed E-state index contributed by atoms with van der Waals surface area (Å²) < 4.78 is 5.29. The van der Waals surface area contributed by atoms with Crippen molar-refractivity contribution in [1.29, 1.82) is 0 Å². The van der Waals surface area contributed by atoms with Gasteiger partial charge in [0.25, 0.3) is 5.91 Å². The van der Waals surface area contributed by atoms with Crippen LogP contribution in [0.2, 0.25) is 0 Å². The fourth-order valence-corrected chi connectivity index (χ4v) is 2.76. The highest BCUT2D eigenvalue weighted by atomic mass is 16.3. The normalized spacial score (nSPS) is 14.5. The number of nitrogens with zero attached hydrogens (tertiary/aromatic N) is 1. The number of hydrogen-bond acceptors (Lipinski definition) is 3. The lowest BCUT2D eigenvalue weighted by Crippen LogP contribution is -2.25. The highest BCUT2D eigenvalue weighted by molar-refractivity contribution is 5.97. The van der Waals surface area contributed by atoms with Gasteiger partial charge in [0, 0.05) is 12.1 Å². The lowest BCUT2D eigenvalue weighted by Gasteiger charge is -2.12. The van der Waals surface area contributed by atoms with Crippen LogP contribution in [0.25, 0.3) is 11.3 Å². The number of carbonyl (C=O) groups excluding carboxylic acids is 1. The first-order chi connectivity index (χ1) is 10.8. The first-order valence-corrected chi connectivity index (χ1v) is 7.79. The molecule has 4 nitrogen and oxygen atoms in total. The Hall–Kier alpha value is -2.36. The van der Waals surface area contributed by atoms with E-state index in [1.165, 1.54) is 31.2 Å². The average molecular weight is 296 g/mol. The first kappa shape index (κ1) is 14.6. The first-order valence-electron chi connectivity index (χ1n) is 7.79. The Kier molecular flexibility index (Phi) is 4.68. The molecule has 0 atom stereocenters. The molecule has 0 saturated carbocycles. The van der Waals surface area contributed by atoms with Crippen molar-refractivity contribution in [3.63, 3.8) is 0 Å². The molecule has 22 heavy (non-hydrogen) atoms. The fraction of sp³-hybridized carbons (Fsp3) is 0.333. The second-order valence-corrected chi connectivity index (χ2v) is 5.51. The van der Waals surface area contributed by atoms with E-state index in [0.717, 1.165) is 18.4 Å². The van der Waals surface area contributed by atoms with Crippen LogP contribution < -0.4 is 5.32 Å². The minimum atomic E-state index is -0.201. The predicted octanol–water partition coefficient (Wildman–Crippen LogP) is 3.96. The van der Waals surface area contributed by atoms with Crippen LogP contribution in [0.3, 0.4) is 0 Å². The fourth-order valence-electron chi connectivity index (χ4n) is 2.76. The quantitative estimate of drug-likeness (QED) is 0.850. The predicted molar refractivity (Wildman–Crippen MR) is 85.4 cm³/mol. The standard InChI is InChI=1S/C18H20N2O2/c21-18(19-12-11-14-7-3-1-4-8-14)17-16(20-13-22-17)15-9-5-2-6-10-15/h2,5-7,9-10,13H,1,3-4,8,11-12H2,(H,19,21). The van der Waals surface area contributed by atoms with Crippen LogP contribution >= 0.6 is 0 Å². The van der Waals surface area contributed by atoms with Crippen molar-refractivity contribution < 1.29 is 9.21 Å². The van der Waals surface area contributed by atoms with Crippen molar-refractivity contribution in [2.24, 2.45) is 0 Å². The van der Waals surface area contributed by atoms with Crippen LogP contribution in [0.15, 0.2) is 52.8 Å². The molecule has 2 aromatic rings. The lowest BCUT2D eigenvalue weighted by atomic mass is 9.97. The molecule has 1 N–H and O–H groups in total.